The second-order valence-corrected chi connectivity index (χ2v) is 3.91. The zero-order valence-electron chi connectivity index (χ0n) is 10.9. The smallest absolute Gasteiger partial charge is 0.239 e. The van der Waals surface area contributed by atoms with Crippen molar-refractivity contribution in [1.82, 2.24) is 15.3 Å². The molecule has 7 heteroatoms. The molecule has 0 aliphatic carbocycles. The number of nitrogens with two attached hydrogens (primary N) is 1. The molecule has 1 amide bonds. The fraction of sp³-hybridized carbons (Fsp3) is 0.545. The molecule has 7 nitrogen and oxygen atoms in total. The summed E-state index contributed by atoms with van der Waals surface area (Å²) in [7, 11) is 3.37. The van der Waals surface area contributed by atoms with Crippen molar-refractivity contribution in [3.05, 3.63) is 11.9 Å². The van der Waals surface area contributed by atoms with Crippen LogP contribution in [0.15, 0.2) is 6.33 Å². The molecular weight excluding hydrogens is 234 g/mol. The average molecular weight is 253 g/mol. The minimum atomic E-state index is -0.0915. The number of hydrogen-bond acceptors (Lipinski definition) is 6. The lowest BCUT2D eigenvalue weighted by Gasteiger charge is -2.19. The Bertz CT molecular complexity index is 410. The first-order valence-electron chi connectivity index (χ1n) is 5.60. The van der Waals surface area contributed by atoms with Crippen LogP contribution >= 0.6 is 0 Å². The van der Waals surface area contributed by atoms with Gasteiger partial charge in [0.25, 0.3) is 0 Å². The standard InChI is InChI=1S/C11H19N5O2/c1-8-10(12)14-7-15-11(8)16(2)6-9(17)13-4-5-18-3/h7H,4-6H2,1-3H3,(H,13,17)(H2,12,14,15). The van der Waals surface area contributed by atoms with Crippen LogP contribution in [-0.4, -0.2) is 49.7 Å². The van der Waals surface area contributed by atoms with Crippen LogP contribution in [0.3, 0.4) is 0 Å². The van der Waals surface area contributed by atoms with E-state index >= 15 is 0 Å². The summed E-state index contributed by atoms with van der Waals surface area (Å²) >= 11 is 0. The van der Waals surface area contributed by atoms with Gasteiger partial charge in [-0.3, -0.25) is 4.79 Å². The van der Waals surface area contributed by atoms with E-state index in [2.05, 4.69) is 15.3 Å². The molecule has 0 aliphatic heterocycles. The molecule has 0 saturated carbocycles. The van der Waals surface area contributed by atoms with Crippen LogP contribution in [0.25, 0.3) is 0 Å². The van der Waals surface area contributed by atoms with Gasteiger partial charge in [0.05, 0.1) is 13.2 Å². The number of anilines is 2. The number of nitrogen functional groups attached to an aromatic ring is 1. The maximum Gasteiger partial charge on any atom is 0.239 e. The molecule has 0 fully saturated rings. The highest BCUT2D eigenvalue weighted by atomic mass is 16.5. The van der Waals surface area contributed by atoms with Crippen LogP contribution in [0, 0.1) is 6.92 Å². The fourth-order valence-electron chi connectivity index (χ4n) is 1.48. The SMILES string of the molecule is COCCNC(=O)CN(C)c1ncnc(N)c1C. The quantitative estimate of drug-likeness (QED) is 0.668. The van der Waals surface area contributed by atoms with E-state index in [0.717, 1.165) is 5.56 Å². The Labute approximate surface area is 106 Å². The second-order valence-electron chi connectivity index (χ2n) is 3.91. The molecule has 0 unspecified atom stereocenters. The Hall–Kier alpha value is -1.89. The third kappa shape index (κ3) is 3.85. The number of carbonyl (C=O) groups is 1. The van der Waals surface area contributed by atoms with E-state index < -0.39 is 0 Å². The largest absolute Gasteiger partial charge is 0.383 e. The van der Waals surface area contributed by atoms with Gasteiger partial charge in [0.1, 0.15) is 18.0 Å². The molecule has 0 radical (unpaired) electrons. The molecule has 3 N–H and O–H groups in total. The lowest BCUT2D eigenvalue weighted by atomic mass is 10.3. The third-order valence-corrected chi connectivity index (χ3v) is 2.47. The number of aromatic nitrogens is 2. The van der Waals surface area contributed by atoms with Crippen molar-refractivity contribution in [2.75, 3.05) is 44.5 Å². The summed E-state index contributed by atoms with van der Waals surface area (Å²) in [5, 5.41) is 2.74. The second kappa shape index (κ2) is 6.75. The van der Waals surface area contributed by atoms with Gasteiger partial charge in [-0.1, -0.05) is 0 Å². The van der Waals surface area contributed by atoms with Crippen LogP contribution in [0.1, 0.15) is 5.56 Å². The lowest BCUT2D eigenvalue weighted by Crippen LogP contribution is -2.37. The molecule has 0 aromatic carbocycles. The summed E-state index contributed by atoms with van der Waals surface area (Å²) in [6, 6.07) is 0. The zero-order valence-corrected chi connectivity index (χ0v) is 10.9. The minimum Gasteiger partial charge on any atom is -0.383 e. The average Bonchev–Trinajstić information content (AvgIpc) is 2.32. The van der Waals surface area contributed by atoms with Gasteiger partial charge >= 0.3 is 0 Å². The summed E-state index contributed by atoms with van der Waals surface area (Å²) in [6.07, 6.45) is 1.39. The van der Waals surface area contributed by atoms with Crippen molar-refractivity contribution in [1.29, 1.82) is 0 Å². The number of carbonyl (C=O) groups excluding carboxylic acids is 1. The number of likely N-dealkylation sites (N-methyl/N-ethyl adjacent to an activating group) is 1. The van der Waals surface area contributed by atoms with E-state index in [4.69, 9.17) is 10.5 Å². The van der Waals surface area contributed by atoms with Gasteiger partial charge < -0.3 is 20.7 Å². The molecule has 0 saturated heterocycles. The van der Waals surface area contributed by atoms with Crippen LogP contribution < -0.4 is 16.0 Å². The number of rotatable bonds is 6. The first-order valence-corrected chi connectivity index (χ1v) is 5.60. The van der Waals surface area contributed by atoms with Crippen LogP contribution in [0.5, 0.6) is 0 Å². The number of ether oxygens (including phenoxy) is 1. The minimum absolute atomic E-state index is 0.0915. The van der Waals surface area contributed by atoms with Gasteiger partial charge in [-0.05, 0) is 6.92 Å². The van der Waals surface area contributed by atoms with Crippen molar-refractivity contribution in [3.63, 3.8) is 0 Å². The number of nitrogens with zero attached hydrogens (tertiary/aromatic N) is 3. The Morgan fingerprint density at radius 3 is 2.94 bits per heavy atom. The van der Waals surface area contributed by atoms with Gasteiger partial charge in [-0.2, -0.15) is 0 Å². The van der Waals surface area contributed by atoms with Crippen molar-refractivity contribution >= 4 is 17.5 Å². The Balaban J connectivity index is 2.57. The predicted octanol–water partition coefficient (Wildman–Crippen LogP) is -0.434. The van der Waals surface area contributed by atoms with E-state index in [-0.39, 0.29) is 12.5 Å². The Morgan fingerprint density at radius 1 is 1.56 bits per heavy atom. The Kier molecular flexibility index (Phi) is 5.31. The van der Waals surface area contributed by atoms with Gasteiger partial charge in [-0.25, -0.2) is 9.97 Å². The highest BCUT2D eigenvalue weighted by Gasteiger charge is 2.12. The van der Waals surface area contributed by atoms with Gasteiger partial charge in [0.2, 0.25) is 5.91 Å². The van der Waals surface area contributed by atoms with Gasteiger partial charge in [0.15, 0.2) is 0 Å². The monoisotopic (exact) mass is 253 g/mol. The van der Waals surface area contributed by atoms with E-state index in [1.165, 1.54) is 6.33 Å². The summed E-state index contributed by atoms with van der Waals surface area (Å²) in [6.45, 7) is 3.02. The fourth-order valence-corrected chi connectivity index (χ4v) is 1.48. The molecule has 18 heavy (non-hydrogen) atoms. The first kappa shape index (κ1) is 14.2. The summed E-state index contributed by atoms with van der Waals surface area (Å²) < 4.78 is 4.85. The molecule has 0 aliphatic rings. The molecule has 0 spiro atoms. The predicted molar refractivity (Wildman–Crippen MR) is 69.3 cm³/mol. The first-order chi connectivity index (χ1) is 8.56. The maximum atomic E-state index is 11.6. The summed E-state index contributed by atoms with van der Waals surface area (Å²) in [4.78, 5) is 21.3. The normalized spacial score (nSPS) is 10.2. The van der Waals surface area contributed by atoms with E-state index in [9.17, 15) is 4.79 Å². The van der Waals surface area contributed by atoms with Crippen LogP contribution in [0.4, 0.5) is 11.6 Å². The highest BCUT2D eigenvalue weighted by Crippen LogP contribution is 2.18. The number of nitrogens with one attached hydrogen (secondary N) is 1. The molecule has 0 bridgehead atoms. The molecule has 1 rings (SSSR count). The van der Waals surface area contributed by atoms with Gasteiger partial charge in [-0.15, -0.1) is 0 Å². The van der Waals surface area contributed by atoms with Crippen molar-refractivity contribution < 1.29 is 9.53 Å². The highest BCUT2D eigenvalue weighted by molar-refractivity contribution is 5.81. The van der Waals surface area contributed by atoms with Crippen molar-refractivity contribution in [2.45, 2.75) is 6.92 Å². The van der Waals surface area contributed by atoms with E-state index in [1.807, 2.05) is 6.92 Å². The topological polar surface area (TPSA) is 93.4 Å². The lowest BCUT2D eigenvalue weighted by molar-refractivity contribution is -0.119. The Morgan fingerprint density at radius 2 is 2.28 bits per heavy atom. The molecule has 1 aromatic rings. The third-order valence-electron chi connectivity index (χ3n) is 2.47. The van der Waals surface area contributed by atoms with Crippen LogP contribution in [0.2, 0.25) is 0 Å². The molecule has 1 heterocycles. The molecule has 1 aromatic heterocycles. The van der Waals surface area contributed by atoms with E-state index in [0.29, 0.717) is 24.8 Å². The number of methoxy groups -OCH3 is 1. The number of hydrogen-bond donors (Lipinski definition) is 2. The molecule has 0 atom stereocenters. The van der Waals surface area contributed by atoms with E-state index in [1.54, 1.807) is 19.1 Å². The summed E-state index contributed by atoms with van der Waals surface area (Å²) in [5.74, 6) is 0.988. The van der Waals surface area contributed by atoms with Crippen molar-refractivity contribution in [2.24, 2.45) is 0 Å². The zero-order chi connectivity index (χ0) is 13.5. The molecule has 100 valence electrons. The van der Waals surface area contributed by atoms with Crippen molar-refractivity contribution in [3.8, 4) is 0 Å². The number of amides is 1. The van der Waals surface area contributed by atoms with Gasteiger partial charge in [0, 0.05) is 26.3 Å². The summed E-state index contributed by atoms with van der Waals surface area (Å²) in [5.41, 5.74) is 6.46. The molecular formula is C11H19N5O2. The van der Waals surface area contributed by atoms with Crippen LogP contribution in [-0.2, 0) is 9.53 Å². The maximum absolute atomic E-state index is 11.6.